The van der Waals surface area contributed by atoms with Gasteiger partial charge in [-0.2, -0.15) is 0 Å². The summed E-state index contributed by atoms with van der Waals surface area (Å²) in [5.41, 5.74) is 2.13. The number of nitrogens with zero attached hydrogens (tertiary/aromatic N) is 3. The topological polar surface area (TPSA) is 108 Å². The van der Waals surface area contributed by atoms with Crippen molar-refractivity contribution in [3.63, 3.8) is 0 Å². The number of ether oxygens (including phenoxy) is 2. The molecule has 0 bridgehead atoms. The van der Waals surface area contributed by atoms with Gasteiger partial charge in [-0.25, -0.2) is 14.2 Å². The number of carbonyl (C=O) groups excluding carboxylic acids is 2. The summed E-state index contributed by atoms with van der Waals surface area (Å²) in [5, 5.41) is 9.29. The standard InChI is InChI=1S/C25H26ClFN6O4/c1-4-21(34)29-17-7-5-6-8-18(17)30-24-28-13-15-14-33(25(35)32(10-9-27)23(15)31-24)19-11-16(36-2)12-20(37-3)22(19)26/h4-8,11-13,24,30-31H,1,9-10,14H2,2-3H3,(H,29,34). The third-order valence-electron chi connectivity index (χ3n) is 5.73. The number of hydrogen-bond donors (Lipinski definition) is 3. The van der Waals surface area contributed by atoms with E-state index >= 15 is 0 Å². The van der Waals surface area contributed by atoms with E-state index in [-0.39, 0.29) is 24.0 Å². The van der Waals surface area contributed by atoms with Gasteiger partial charge in [-0.1, -0.05) is 30.3 Å². The molecule has 2 aliphatic heterocycles. The molecule has 2 aromatic carbocycles. The van der Waals surface area contributed by atoms with Gasteiger partial charge in [0, 0.05) is 23.9 Å². The van der Waals surface area contributed by atoms with E-state index in [9.17, 15) is 14.0 Å². The van der Waals surface area contributed by atoms with Crippen LogP contribution >= 0.6 is 11.6 Å². The number of anilines is 3. The molecule has 0 spiro atoms. The van der Waals surface area contributed by atoms with E-state index in [1.54, 1.807) is 42.6 Å². The minimum absolute atomic E-state index is 0.127. The molecule has 2 aliphatic rings. The number of carbonyl (C=O) groups is 2. The minimum Gasteiger partial charge on any atom is -0.497 e. The number of aliphatic imine (C=N–C) groups is 1. The Morgan fingerprint density at radius 1 is 1.30 bits per heavy atom. The van der Waals surface area contributed by atoms with Crippen molar-refractivity contribution < 1.29 is 23.5 Å². The van der Waals surface area contributed by atoms with Crippen molar-refractivity contribution in [3.8, 4) is 11.5 Å². The molecule has 0 aromatic heterocycles. The first-order valence-electron chi connectivity index (χ1n) is 11.3. The number of para-hydroxylation sites is 2. The van der Waals surface area contributed by atoms with Crippen molar-refractivity contribution >= 4 is 46.8 Å². The van der Waals surface area contributed by atoms with Crippen molar-refractivity contribution in [2.24, 2.45) is 4.99 Å². The Bertz CT molecular complexity index is 1280. The molecule has 10 nitrogen and oxygen atoms in total. The molecule has 3 amide bonds. The Morgan fingerprint density at radius 2 is 2.05 bits per heavy atom. The quantitative estimate of drug-likeness (QED) is 0.425. The number of alkyl halides is 1. The molecular formula is C25H26ClFN6O4. The van der Waals surface area contributed by atoms with Crippen LogP contribution in [0.2, 0.25) is 5.02 Å². The van der Waals surface area contributed by atoms with Crippen molar-refractivity contribution in [2.75, 3.05) is 49.5 Å². The zero-order valence-electron chi connectivity index (χ0n) is 20.3. The second kappa shape index (κ2) is 11.2. The monoisotopic (exact) mass is 528 g/mol. The second-order valence-corrected chi connectivity index (χ2v) is 8.33. The van der Waals surface area contributed by atoms with Crippen LogP contribution in [0.1, 0.15) is 0 Å². The average molecular weight is 529 g/mol. The van der Waals surface area contributed by atoms with E-state index in [1.165, 1.54) is 30.1 Å². The number of urea groups is 1. The number of hydrogen-bond acceptors (Lipinski definition) is 7. The zero-order valence-corrected chi connectivity index (χ0v) is 21.0. The highest BCUT2D eigenvalue weighted by atomic mass is 35.5. The van der Waals surface area contributed by atoms with Crippen LogP contribution in [0.25, 0.3) is 0 Å². The molecule has 194 valence electrons. The molecule has 37 heavy (non-hydrogen) atoms. The largest absolute Gasteiger partial charge is 0.497 e. The molecule has 0 saturated heterocycles. The lowest BCUT2D eigenvalue weighted by atomic mass is 10.1. The highest BCUT2D eigenvalue weighted by Crippen LogP contribution is 2.40. The van der Waals surface area contributed by atoms with Gasteiger partial charge in [0.2, 0.25) is 5.91 Å². The van der Waals surface area contributed by atoms with E-state index in [4.69, 9.17) is 21.1 Å². The number of halogens is 2. The summed E-state index contributed by atoms with van der Waals surface area (Å²) in [5.74, 6) is 0.842. The van der Waals surface area contributed by atoms with Gasteiger partial charge in [0.25, 0.3) is 0 Å². The van der Waals surface area contributed by atoms with E-state index in [2.05, 4.69) is 27.5 Å². The molecule has 1 atom stereocenters. The van der Waals surface area contributed by atoms with E-state index < -0.39 is 19.0 Å². The molecule has 0 radical (unpaired) electrons. The van der Waals surface area contributed by atoms with Crippen LogP contribution in [0, 0.1) is 0 Å². The van der Waals surface area contributed by atoms with Crippen LogP contribution in [0.15, 0.2) is 65.4 Å². The fourth-order valence-corrected chi connectivity index (χ4v) is 4.24. The third-order valence-corrected chi connectivity index (χ3v) is 6.11. The smallest absolute Gasteiger partial charge is 0.330 e. The van der Waals surface area contributed by atoms with Crippen LogP contribution in [0.5, 0.6) is 11.5 Å². The maximum atomic E-state index is 13.6. The fraction of sp³-hybridized carbons (Fsp3) is 0.240. The van der Waals surface area contributed by atoms with Gasteiger partial charge >= 0.3 is 6.03 Å². The molecular weight excluding hydrogens is 503 g/mol. The van der Waals surface area contributed by atoms with Gasteiger partial charge in [-0.3, -0.25) is 14.6 Å². The van der Waals surface area contributed by atoms with Crippen LogP contribution in [-0.2, 0) is 4.79 Å². The van der Waals surface area contributed by atoms with Gasteiger partial charge in [0.15, 0.2) is 6.29 Å². The van der Waals surface area contributed by atoms with Crippen LogP contribution in [0.3, 0.4) is 0 Å². The average Bonchev–Trinajstić information content (AvgIpc) is 2.91. The number of benzene rings is 2. The molecule has 0 aliphatic carbocycles. The highest BCUT2D eigenvalue weighted by Gasteiger charge is 2.36. The Morgan fingerprint density at radius 3 is 2.73 bits per heavy atom. The molecule has 0 saturated carbocycles. The predicted octanol–water partition coefficient (Wildman–Crippen LogP) is 3.97. The lowest BCUT2D eigenvalue weighted by Crippen LogP contribution is -2.55. The maximum absolute atomic E-state index is 13.6. The normalized spacial score (nSPS) is 16.6. The number of nitrogens with one attached hydrogen (secondary N) is 3. The van der Waals surface area contributed by atoms with Gasteiger partial charge in [-0.05, 0) is 18.2 Å². The Labute approximate surface area is 218 Å². The first kappa shape index (κ1) is 25.8. The molecule has 1 unspecified atom stereocenters. The molecule has 2 aromatic rings. The highest BCUT2D eigenvalue weighted by molar-refractivity contribution is 6.35. The Balaban J connectivity index is 1.62. The SMILES string of the molecule is C=CC(=O)Nc1ccccc1NC1N=CC2=C(N1)N(CCF)C(=O)N(c1cc(OC)cc(OC)c1Cl)C2. The minimum atomic E-state index is -0.765. The number of amides is 3. The van der Waals surface area contributed by atoms with Gasteiger partial charge < -0.3 is 25.4 Å². The first-order valence-corrected chi connectivity index (χ1v) is 11.7. The summed E-state index contributed by atoms with van der Waals surface area (Å²) in [7, 11) is 2.96. The molecule has 3 N–H and O–H groups in total. The van der Waals surface area contributed by atoms with Crippen molar-refractivity contribution in [1.82, 2.24) is 10.2 Å². The van der Waals surface area contributed by atoms with Crippen LogP contribution < -0.4 is 30.3 Å². The van der Waals surface area contributed by atoms with Crippen LogP contribution in [0.4, 0.5) is 26.2 Å². The van der Waals surface area contributed by atoms with E-state index in [0.29, 0.717) is 40.0 Å². The summed E-state index contributed by atoms with van der Waals surface area (Å²) < 4.78 is 24.2. The van der Waals surface area contributed by atoms with Crippen LogP contribution in [-0.4, -0.2) is 63.3 Å². The summed E-state index contributed by atoms with van der Waals surface area (Å²) >= 11 is 6.53. The summed E-state index contributed by atoms with van der Waals surface area (Å²) in [6.07, 6.45) is 2.09. The summed E-state index contributed by atoms with van der Waals surface area (Å²) in [6, 6.07) is 9.82. The maximum Gasteiger partial charge on any atom is 0.330 e. The lowest BCUT2D eigenvalue weighted by molar-refractivity contribution is -0.111. The van der Waals surface area contributed by atoms with Crippen molar-refractivity contribution in [3.05, 3.63) is 65.5 Å². The first-order chi connectivity index (χ1) is 17.9. The number of rotatable bonds is 9. The molecule has 4 rings (SSSR count). The second-order valence-electron chi connectivity index (χ2n) is 7.95. The van der Waals surface area contributed by atoms with Crippen molar-refractivity contribution in [1.29, 1.82) is 0 Å². The Kier molecular flexibility index (Phi) is 7.83. The summed E-state index contributed by atoms with van der Waals surface area (Å²) in [4.78, 5) is 32.6. The zero-order chi connectivity index (χ0) is 26.5. The van der Waals surface area contributed by atoms with E-state index in [1.807, 2.05) is 0 Å². The van der Waals surface area contributed by atoms with E-state index in [0.717, 1.165) is 0 Å². The Hall–Kier alpha value is -4.25. The molecule has 0 fully saturated rings. The predicted molar refractivity (Wildman–Crippen MR) is 141 cm³/mol. The molecule has 12 heteroatoms. The third kappa shape index (κ3) is 5.31. The summed E-state index contributed by atoms with van der Waals surface area (Å²) in [6.45, 7) is 2.64. The number of methoxy groups -OCH3 is 2. The van der Waals surface area contributed by atoms with Crippen molar-refractivity contribution in [2.45, 2.75) is 6.29 Å². The lowest BCUT2D eigenvalue weighted by Gasteiger charge is -2.40. The van der Waals surface area contributed by atoms with Gasteiger partial charge in [0.05, 0.1) is 44.4 Å². The fourth-order valence-electron chi connectivity index (χ4n) is 3.96. The molecule has 2 heterocycles. The van der Waals surface area contributed by atoms with Gasteiger partial charge in [-0.15, -0.1) is 0 Å². The van der Waals surface area contributed by atoms with Gasteiger partial charge in [0.1, 0.15) is 29.0 Å².